The van der Waals surface area contributed by atoms with E-state index >= 15 is 0 Å². The zero-order valence-electron chi connectivity index (χ0n) is 44.0. The Bertz CT molecular complexity index is 4720. The molecule has 12 N–H and O–H groups in total. The van der Waals surface area contributed by atoms with Crippen molar-refractivity contribution in [3.05, 3.63) is 167 Å². The topological polar surface area (TPSA) is 484 Å². The summed E-state index contributed by atoms with van der Waals surface area (Å²) in [7, 11) is -31.9. The Balaban J connectivity index is 0.0000108. The number of rotatable bonds is 16. The van der Waals surface area contributed by atoms with Crippen LogP contribution in [-0.4, -0.2) is 131 Å². The summed E-state index contributed by atoms with van der Waals surface area (Å²) in [5.41, 5.74) is -0.385. The quantitative estimate of drug-likeness (QED) is 0.0369. The minimum Gasteiger partial charge on any atom is -0.322 e. The number of benzene rings is 8. The van der Waals surface area contributed by atoms with Crippen LogP contribution in [0.2, 0.25) is 0 Å². The standard InChI is InChI=1S/C51H40N6O23S6.Mg/c1-25-9-11-29(49(60)54-37-13-15-41(83(69,70)71)35-21-33(81(63,64)65)23-43(45(35)37)85(75,76)77)19-39(25)56-47(58)27-5-3-7-31(17-27)52-51(62)53-32-8-4-6-28(18-32)48(59)57-40-20-30(12-10-26(40)2)50(61)55-38-14-16-42(84(72,73)74)36-22-34(82(66,67)68)24-44(46(36)38)86(78,79)80;/h3-24H,1-2H3,(H,54,60)(H,55,61)(H,56,58)(H,57,59)(H2,52,53,62)(H,63,64,65)(H,66,67,68)(H,69,70,71)(H,72,73,74)(H,75,76,77)(H,78,79,80);/q;+2. The number of fused-ring (bicyclic) bond motifs is 2. The molecular formula is C51H40MgN6O23S6+2. The number of carbonyl (C=O) groups is 5. The first-order valence-electron chi connectivity index (χ1n) is 23.6. The second-order valence-electron chi connectivity index (χ2n) is 18.4. The first-order chi connectivity index (χ1) is 39.8. The summed E-state index contributed by atoms with van der Waals surface area (Å²) in [5, 5.41) is 11.8. The first-order valence-corrected chi connectivity index (χ1v) is 32.2. The Morgan fingerprint density at radius 3 is 0.943 bits per heavy atom. The van der Waals surface area contributed by atoms with E-state index in [0.29, 0.717) is 47.5 Å². The number of carbonyl (C=O) groups excluding carboxylic acids is 5. The molecule has 0 fully saturated rings. The monoisotopic (exact) mass is 1320 g/mol. The van der Waals surface area contributed by atoms with Crippen molar-refractivity contribution in [2.24, 2.45) is 0 Å². The van der Waals surface area contributed by atoms with Gasteiger partial charge in [0.05, 0.1) is 21.2 Å². The van der Waals surface area contributed by atoms with Gasteiger partial charge in [0.15, 0.2) is 0 Å². The number of urea groups is 1. The zero-order chi connectivity index (χ0) is 63.4. The van der Waals surface area contributed by atoms with Crippen LogP contribution in [0, 0.1) is 13.8 Å². The van der Waals surface area contributed by atoms with E-state index in [1.807, 2.05) is 0 Å². The van der Waals surface area contributed by atoms with E-state index in [2.05, 4.69) is 31.9 Å². The predicted molar refractivity (Wildman–Crippen MR) is 312 cm³/mol. The minimum absolute atomic E-state index is 0. The maximum atomic E-state index is 13.7. The molecule has 36 heteroatoms. The number of amides is 6. The number of anilines is 6. The maximum Gasteiger partial charge on any atom is 2.00 e. The summed E-state index contributed by atoms with van der Waals surface area (Å²) >= 11 is 0. The van der Waals surface area contributed by atoms with Crippen LogP contribution >= 0.6 is 0 Å². The molecule has 8 aromatic carbocycles. The minimum atomic E-state index is -5.45. The van der Waals surface area contributed by atoms with Crippen molar-refractivity contribution in [2.45, 2.75) is 43.2 Å². The van der Waals surface area contributed by atoms with Crippen molar-refractivity contribution in [2.75, 3.05) is 31.9 Å². The fraction of sp³-hybridized carbons (Fsp3) is 0.0392. The Morgan fingerprint density at radius 1 is 0.322 bits per heavy atom. The van der Waals surface area contributed by atoms with Crippen LogP contribution in [-0.2, 0) is 60.7 Å². The first kappa shape index (κ1) is 66.2. The molecule has 0 atom stereocenters. The van der Waals surface area contributed by atoms with Gasteiger partial charge in [0.25, 0.3) is 84.3 Å². The summed E-state index contributed by atoms with van der Waals surface area (Å²) in [6.45, 7) is 3.12. The van der Waals surface area contributed by atoms with Gasteiger partial charge in [0.1, 0.15) is 19.6 Å². The van der Waals surface area contributed by atoms with E-state index in [1.54, 1.807) is 13.8 Å². The van der Waals surface area contributed by atoms with Gasteiger partial charge in [-0.2, -0.15) is 50.5 Å². The van der Waals surface area contributed by atoms with Gasteiger partial charge in [-0.05, 0) is 134 Å². The molecule has 0 aliphatic heterocycles. The molecule has 0 saturated heterocycles. The van der Waals surface area contributed by atoms with E-state index in [-0.39, 0.29) is 68.1 Å². The molecule has 0 aromatic heterocycles. The zero-order valence-corrected chi connectivity index (χ0v) is 50.3. The van der Waals surface area contributed by atoms with Gasteiger partial charge in [-0.25, -0.2) is 4.79 Å². The average Bonchev–Trinajstić information content (AvgIpc) is 0.808. The molecule has 8 rings (SSSR count). The summed E-state index contributed by atoms with van der Waals surface area (Å²) < 4.78 is 206. The SMILES string of the molecule is Cc1ccc(C(=O)Nc2ccc(S(=O)(=O)O)c3cc(S(=O)(=O)O)cc(S(=O)(=O)O)c23)cc1NC(=O)c1cccc(NC(=O)Nc2cccc(C(=O)Nc3cc(C(=O)Nc4ccc(S(=O)(=O)O)c5cc(S(=O)(=O)O)cc(S(=O)(=O)O)c45)ccc3C)c2)c1.[Mg+2]. The van der Waals surface area contributed by atoms with Crippen molar-refractivity contribution in [1.29, 1.82) is 0 Å². The van der Waals surface area contributed by atoms with Crippen molar-refractivity contribution >= 4 is 169 Å². The van der Waals surface area contributed by atoms with Crippen LogP contribution in [0.3, 0.4) is 0 Å². The molecule has 0 aliphatic rings. The van der Waals surface area contributed by atoms with Gasteiger partial charge in [0.2, 0.25) is 0 Å². The Labute approximate surface area is 509 Å². The molecule has 448 valence electrons. The number of hydrogen-bond donors (Lipinski definition) is 12. The van der Waals surface area contributed by atoms with Gasteiger partial charge in [-0.1, -0.05) is 24.3 Å². The van der Waals surface area contributed by atoms with Crippen molar-refractivity contribution in [1.82, 2.24) is 0 Å². The molecule has 29 nitrogen and oxygen atoms in total. The molecule has 8 aromatic rings. The largest absolute Gasteiger partial charge is 2.00 e. The molecular weight excluding hydrogens is 1280 g/mol. The van der Waals surface area contributed by atoms with Crippen LogP contribution in [0.25, 0.3) is 21.5 Å². The third-order valence-electron chi connectivity index (χ3n) is 12.5. The predicted octanol–water partition coefficient (Wildman–Crippen LogP) is 6.36. The van der Waals surface area contributed by atoms with Crippen LogP contribution < -0.4 is 31.9 Å². The molecule has 0 radical (unpaired) electrons. The molecule has 0 spiro atoms. The maximum absolute atomic E-state index is 13.7. The third-order valence-corrected chi connectivity index (χ3v) is 17.7. The number of nitrogens with one attached hydrogen (secondary N) is 6. The fourth-order valence-corrected chi connectivity index (χ4v) is 12.6. The van der Waals surface area contributed by atoms with Gasteiger partial charge < -0.3 is 31.9 Å². The molecule has 0 unspecified atom stereocenters. The Morgan fingerprint density at radius 2 is 0.632 bits per heavy atom. The summed E-state index contributed by atoms with van der Waals surface area (Å²) in [4.78, 5) is 60.8. The second kappa shape index (κ2) is 24.4. The smallest absolute Gasteiger partial charge is 0.322 e. The third kappa shape index (κ3) is 15.1. The Kier molecular flexibility index (Phi) is 18.6. The van der Waals surface area contributed by atoms with E-state index in [4.69, 9.17) is 0 Å². The second-order valence-corrected chi connectivity index (χ2v) is 26.8. The van der Waals surface area contributed by atoms with E-state index in [1.165, 1.54) is 84.9 Å². The average molecular weight is 1320 g/mol. The van der Waals surface area contributed by atoms with E-state index in [0.717, 1.165) is 12.1 Å². The van der Waals surface area contributed by atoms with Crippen molar-refractivity contribution in [3.8, 4) is 0 Å². The van der Waals surface area contributed by atoms with E-state index < -0.39 is 153 Å². The number of aryl methyl sites for hydroxylation is 2. The normalized spacial score (nSPS) is 12.1. The summed E-state index contributed by atoms with van der Waals surface area (Å²) in [6.07, 6.45) is 0. The van der Waals surface area contributed by atoms with Crippen LogP contribution in [0.15, 0.2) is 163 Å². The van der Waals surface area contributed by atoms with Gasteiger partial charge in [-0.15, -0.1) is 0 Å². The van der Waals surface area contributed by atoms with Crippen molar-refractivity contribution < 1.29 is 102 Å². The van der Waals surface area contributed by atoms with Gasteiger partial charge >= 0.3 is 29.1 Å². The summed E-state index contributed by atoms with van der Waals surface area (Å²) in [6, 6.07) is 22.6. The van der Waals surface area contributed by atoms with Gasteiger partial charge in [0, 0.05) is 66.5 Å². The Hall–Kier alpha value is -8.34. The summed E-state index contributed by atoms with van der Waals surface area (Å²) in [5.74, 6) is -3.56. The van der Waals surface area contributed by atoms with Crippen LogP contribution in [0.5, 0.6) is 0 Å². The molecule has 6 amide bonds. The molecule has 87 heavy (non-hydrogen) atoms. The van der Waals surface area contributed by atoms with E-state index in [9.17, 15) is 102 Å². The fourth-order valence-electron chi connectivity index (χ4n) is 8.50. The molecule has 0 bridgehead atoms. The molecule has 0 aliphatic carbocycles. The molecule has 0 heterocycles. The van der Waals surface area contributed by atoms with Crippen molar-refractivity contribution in [3.63, 3.8) is 0 Å². The number of hydrogen-bond acceptors (Lipinski definition) is 17. The van der Waals surface area contributed by atoms with Gasteiger partial charge in [-0.3, -0.25) is 46.5 Å². The molecule has 0 saturated carbocycles. The van der Waals surface area contributed by atoms with Crippen LogP contribution in [0.4, 0.5) is 38.9 Å². The van der Waals surface area contributed by atoms with Crippen LogP contribution in [0.1, 0.15) is 52.6 Å².